The Bertz CT molecular complexity index is 1460. The number of sulfonamides is 1. The van der Waals surface area contributed by atoms with E-state index in [9.17, 15) is 8.42 Å². The SMILES string of the molecule is C.C.CCCc1ccc2nc(C#N)c(S(N)(=O)=O)n2n1.CCCc1ccc2nc(C#N)cn2n1.CO. The largest absolute Gasteiger partial charge is 0.400 e. The lowest BCUT2D eigenvalue weighted by atomic mass is 10.2. The van der Waals surface area contributed by atoms with Crippen molar-refractivity contribution < 1.29 is 13.5 Å². The van der Waals surface area contributed by atoms with Gasteiger partial charge in [0.2, 0.25) is 5.03 Å². The number of aliphatic hydroxyl groups excluding tert-OH is 1. The van der Waals surface area contributed by atoms with Gasteiger partial charge in [-0.05, 0) is 37.1 Å². The van der Waals surface area contributed by atoms with E-state index in [0.717, 1.165) is 47.9 Å². The molecule has 0 unspecified atom stereocenters. The van der Waals surface area contributed by atoms with E-state index in [-0.39, 0.29) is 31.2 Å². The number of aromatic nitrogens is 6. The van der Waals surface area contributed by atoms with Gasteiger partial charge in [0.25, 0.3) is 10.0 Å². The van der Waals surface area contributed by atoms with E-state index in [1.165, 1.54) is 0 Å². The lowest BCUT2D eigenvalue weighted by Gasteiger charge is -2.01. The predicted octanol–water partition coefficient (Wildman–Crippen LogP) is 2.64. The molecule has 0 aliphatic rings. The Morgan fingerprint density at radius 2 is 1.47 bits per heavy atom. The molecule has 0 saturated heterocycles. The highest BCUT2D eigenvalue weighted by molar-refractivity contribution is 7.89. The molecule has 3 N–H and O–H groups in total. The average Bonchev–Trinajstić information content (AvgIpc) is 3.41. The molecule has 0 spiro atoms. The molecule has 4 aromatic rings. The van der Waals surface area contributed by atoms with E-state index in [2.05, 4.69) is 27.1 Å². The van der Waals surface area contributed by atoms with Gasteiger partial charge in [-0.1, -0.05) is 41.5 Å². The van der Waals surface area contributed by atoms with E-state index in [4.69, 9.17) is 20.8 Å². The summed E-state index contributed by atoms with van der Waals surface area (Å²) in [6, 6.07) is 10.9. The fraction of sp³-hybridized carbons (Fsp3) is 0.391. The van der Waals surface area contributed by atoms with E-state index < -0.39 is 10.0 Å². The van der Waals surface area contributed by atoms with Crippen LogP contribution in [0.3, 0.4) is 0 Å². The van der Waals surface area contributed by atoms with Crippen LogP contribution in [0.2, 0.25) is 0 Å². The molecule has 194 valence electrons. The molecule has 13 heteroatoms. The van der Waals surface area contributed by atoms with Gasteiger partial charge in [0.05, 0.1) is 17.6 Å². The number of nitriles is 2. The third kappa shape index (κ3) is 7.55. The first-order valence-electron chi connectivity index (χ1n) is 10.3. The zero-order chi connectivity index (χ0) is 25.3. The zero-order valence-corrected chi connectivity index (χ0v) is 19.9. The number of nitrogens with two attached hydrogens (primary N) is 1. The van der Waals surface area contributed by atoms with E-state index in [1.807, 2.05) is 25.1 Å². The van der Waals surface area contributed by atoms with Crippen LogP contribution in [-0.4, -0.2) is 49.8 Å². The first-order chi connectivity index (χ1) is 16.3. The molecular weight excluding hydrogens is 482 g/mol. The predicted molar refractivity (Wildman–Crippen MR) is 136 cm³/mol. The van der Waals surface area contributed by atoms with E-state index in [0.29, 0.717) is 12.1 Å². The van der Waals surface area contributed by atoms with Crippen molar-refractivity contribution in [3.05, 3.63) is 53.2 Å². The first kappa shape index (κ1) is 32.1. The van der Waals surface area contributed by atoms with Crippen LogP contribution in [0.5, 0.6) is 0 Å². The van der Waals surface area contributed by atoms with Crippen molar-refractivity contribution in [1.82, 2.24) is 29.2 Å². The first-order valence-corrected chi connectivity index (χ1v) is 11.9. The minimum Gasteiger partial charge on any atom is -0.400 e. The van der Waals surface area contributed by atoms with Gasteiger partial charge >= 0.3 is 0 Å². The van der Waals surface area contributed by atoms with Crippen molar-refractivity contribution >= 4 is 21.3 Å². The standard InChI is InChI=1S/C10H11N5O2S.C10H10N4.CH4O.2CH4/c1-2-3-7-4-5-9-13-8(6-11)10(15(9)14-7)18(12,16)17;1-2-3-8-4-5-10-12-9(6-11)7-14(10)13-8;1-2;;/h4-5H,2-3H2,1H3,(H2,12,16,17);4-5,7H,2-3H2,1H3;2H,1H3;2*1H4. The van der Waals surface area contributed by atoms with Gasteiger partial charge in [0.1, 0.15) is 12.1 Å². The molecule has 0 radical (unpaired) electrons. The Balaban J connectivity index is 0.000000618. The summed E-state index contributed by atoms with van der Waals surface area (Å²) in [6.45, 7) is 4.10. The maximum Gasteiger partial charge on any atom is 0.258 e. The third-order valence-electron chi connectivity index (χ3n) is 4.37. The van der Waals surface area contributed by atoms with Crippen LogP contribution in [-0.2, 0) is 22.9 Å². The summed E-state index contributed by atoms with van der Waals surface area (Å²) in [5.74, 6) is 0. The second-order valence-corrected chi connectivity index (χ2v) is 8.36. The normalized spacial score (nSPS) is 9.97. The number of nitrogens with zero attached hydrogens (tertiary/aromatic N) is 8. The molecular formula is C23H33N9O3S. The number of fused-ring (bicyclic) bond motifs is 2. The van der Waals surface area contributed by atoms with Crippen molar-refractivity contribution in [2.24, 2.45) is 5.14 Å². The van der Waals surface area contributed by atoms with Gasteiger partial charge in [0.15, 0.2) is 22.7 Å². The van der Waals surface area contributed by atoms with Crippen molar-refractivity contribution in [1.29, 1.82) is 10.5 Å². The van der Waals surface area contributed by atoms with Gasteiger partial charge in [-0.15, -0.1) is 0 Å². The van der Waals surface area contributed by atoms with Gasteiger partial charge in [-0.25, -0.2) is 28.0 Å². The van der Waals surface area contributed by atoms with Crippen molar-refractivity contribution in [2.45, 2.75) is 59.4 Å². The fourth-order valence-corrected chi connectivity index (χ4v) is 3.77. The zero-order valence-electron chi connectivity index (χ0n) is 19.0. The number of hydrogen-bond donors (Lipinski definition) is 2. The van der Waals surface area contributed by atoms with Crippen molar-refractivity contribution in [3.63, 3.8) is 0 Å². The minimum absolute atomic E-state index is 0. The van der Waals surface area contributed by atoms with Crippen LogP contribution < -0.4 is 5.14 Å². The Morgan fingerprint density at radius 1 is 0.917 bits per heavy atom. The Kier molecular flexibility index (Phi) is 12.9. The molecule has 0 fully saturated rings. The highest BCUT2D eigenvalue weighted by Crippen LogP contribution is 2.15. The molecule has 0 aromatic carbocycles. The summed E-state index contributed by atoms with van der Waals surface area (Å²) in [4.78, 5) is 7.95. The van der Waals surface area contributed by atoms with Crippen molar-refractivity contribution in [3.8, 4) is 12.1 Å². The van der Waals surface area contributed by atoms with Crippen LogP contribution in [0.1, 0.15) is 64.3 Å². The molecule has 0 aliphatic heterocycles. The summed E-state index contributed by atoms with van der Waals surface area (Å²) in [6.07, 6.45) is 5.26. The minimum atomic E-state index is -4.05. The monoisotopic (exact) mass is 515 g/mol. The molecule has 4 rings (SSSR count). The highest BCUT2D eigenvalue weighted by Gasteiger charge is 2.23. The van der Waals surface area contributed by atoms with Crippen LogP contribution in [0.15, 0.2) is 35.5 Å². The number of aryl methyl sites for hydroxylation is 2. The maximum absolute atomic E-state index is 11.5. The molecule has 0 bridgehead atoms. The molecule has 4 heterocycles. The van der Waals surface area contributed by atoms with Crippen molar-refractivity contribution in [2.75, 3.05) is 7.11 Å². The molecule has 0 aliphatic carbocycles. The maximum atomic E-state index is 11.5. The molecule has 0 amide bonds. The summed E-state index contributed by atoms with van der Waals surface area (Å²) in [5, 5.41) is 37.7. The highest BCUT2D eigenvalue weighted by atomic mass is 32.2. The number of imidazole rings is 2. The van der Waals surface area contributed by atoms with Gasteiger partial charge in [-0.3, -0.25) is 0 Å². The second-order valence-electron chi connectivity index (χ2n) is 6.88. The number of hydrogen-bond acceptors (Lipinski definition) is 9. The van der Waals surface area contributed by atoms with Crippen LogP contribution in [0.4, 0.5) is 0 Å². The molecule has 0 atom stereocenters. The number of rotatable bonds is 5. The summed E-state index contributed by atoms with van der Waals surface area (Å²) in [7, 11) is -3.05. The topological polar surface area (TPSA) is 188 Å². The molecule has 12 nitrogen and oxygen atoms in total. The van der Waals surface area contributed by atoms with Crippen LogP contribution in [0, 0.1) is 22.7 Å². The van der Waals surface area contributed by atoms with Gasteiger partial charge in [-0.2, -0.15) is 25.2 Å². The smallest absolute Gasteiger partial charge is 0.258 e. The molecule has 0 saturated carbocycles. The van der Waals surface area contributed by atoms with E-state index >= 15 is 0 Å². The number of primary sulfonamides is 1. The lowest BCUT2D eigenvalue weighted by molar-refractivity contribution is 0.399. The molecule has 4 aromatic heterocycles. The summed E-state index contributed by atoms with van der Waals surface area (Å²) >= 11 is 0. The number of aliphatic hydroxyl groups is 1. The summed E-state index contributed by atoms with van der Waals surface area (Å²) in [5.41, 5.74) is 2.93. The Labute approximate surface area is 211 Å². The lowest BCUT2D eigenvalue weighted by Crippen LogP contribution is -2.17. The fourth-order valence-electron chi connectivity index (χ4n) is 3.03. The quantitative estimate of drug-likeness (QED) is 0.402. The Hall–Kier alpha value is -3.91. The Morgan fingerprint density at radius 3 is 1.97 bits per heavy atom. The van der Waals surface area contributed by atoms with E-state index in [1.54, 1.807) is 28.9 Å². The van der Waals surface area contributed by atoms with Gasteiger partial charge in [0, 0.05) is 7.11 Å². The van der Waals surface area contributed by atoms with Crippen LogP contribution >= 0.6 is 0 Å². The summed E-state index contributed by atoms with van der Waals surface area (Å²) < 4.78 is 25.7. The molecule has 36 heavy (non-hydrogen) atoms. The second kappa shape index (κ2) is 14.5. The van der Waals surface area contributed by atoms with Crippen LogP contribution in [0.25, 0.3) is 11.3 Å². The van der Waals surface area contributed by atoms with Gasteiger partial charge < -0.3 is 5.11 Å². The third-order valence-corrected chi connectivity index (χ3v) is 5.27. The average molecular weight is 516 g/mol.